The van der Waals surface area contributed by atoms with Crippen molar-refractivity contribution in [2.24, 2.45) is 0 Å². The third-order valence-electron chi connectivity index (χ3n) is 2.98. The third-order valence-corrected chi connectivity index (χ3v) is 2.98. The van der Waals surface area contributed by atoms with E-state index in [1.807, 2.05) is 18.2 Å². The highest BCUT2D eigenvalue weighted by atomic mass is 19.1. The number of carbonyl (C=O) groups is 1. The number of hydrogen-bond donors (Lipinski definition) is 1. The molecule has 2 amide bonds. The molecule has 0 radical (unpaired) electrons. The summed E-state index contributed by atoms with van der Waals surface area (Å²) in [6.45, 7) is 0.546. The van der Waals surface area contributed by atoms with Crippen molar-refractivity contribution in [1.82, 2.24) is 4.90 Å². The molecule has 0 aliphatic rings. The fraction of sp³-hybridized carbons (Fsp3) is 0.188. The predicted octanol–water partition coefficient (Wildman–Crippen LogP) is 3.51. The zero-order valence-corrected chi connectivity index (χ0v) is 12.1. The lowest BCUT2D eigenvalue weighted by atomic mass is 10.3. The number of amides is 2. The van der Waals surface area contributed by atoms with Gasteiger partial charge in [-0.3, -0.25) is 0 Å². The van der Waals surface area contributed by atoms with Gasteiger partial charge in [-0.05, 0) is 24.3 Å². The first-order chi connectivity index (χ1) is 10.6. The van der Waals surface area contributed by atoms with Crippen molar-refractivity contribution < 1.29 is 18.3 Å². The monoisotopic (exact) mass is 306 g/mol. The van der Waals surface area contributed by atoms with E-state index in [2.05, 4.69) is 5.32 Å². The van der Waals surface area contributed by atoms with Crippen molar-refractivity contribution in [2.75, 3.05) is 25.5 Å². The average Bonchev–Trinajstić information content (AvgIpc) is 2.52. The molecule has 0 unspecified atom stereocenters. The molecule has 0 fully saturated rings. The predicted molar refractivity (Wildman–Crippen MR) is 79.9 cm³/mol. The Labute approximate surface area is 127 Å². The van der Waals surface area contributed by atoms with Gasteiger partial charge in [-0.1, -0.05) is 24.3 Å². The second-order valence-electron chi connectivity index (χ2n) is 4.61. The van der Waals surface area contributed by atoms with E-state index in [1.165, 1.54) is 18.0 Å². The normalized spacial score (nSPS) is 10.1. The number of nitrogens with zero attached hydrogens (tertiary/aromatic N) is 1. The Balaban J connectivity index is 1.85. The summed E-state index contributed by atoms with van der Waals surface area (Å²) in [5, 5.41) is 2.21. The van der Waals surface area contributed by atoms with E-state index in [0.717, 1.165) is 12.1 Å². The quantitative estimate of drug-likeness (QED) is 0.918. The Morgan fingerprint density at radius 1 is 1.09 bits per heavy atom. The average molecular weight is 306 g/mol. The number of carbonyl (C=O) groups excluding carboxylic acids is 1. The lowest BCUT2D eigenvalue weighted by molar-refractivity contribution is 0.207. The molecule has 2 rings (SSSR count). The van der Waals surface area contributed by atoms with Gasteiger partial charge in [-0.15, -0.1) is 0 Å². The molecule has 0 aliphatic heterocycles. The molecular weight excluding hydrogens is 290 g/mol. The third kappa shape index (κ3) is 4.18. The maximum Gasteiger partial charge on any atom is 0.321 e. The SMILES string of the molecule is CN(CCOc1ccccc1)C(=O)Nc1c(F)cccc1F. The van der Waals surface area contributed by atoms with Crippen LogP contribution >= 0.6 is 0 Å². The second kappa shape index (κ2) is 7.40. The lowest BCUT2D eigenvalue weighted by Crippen LogP contribution is -2.35. The van der Waals surface area contributed by atoms with Crippen LogP contribution in [-0.4, -0.2) is 31.1 Å². The molecule has 4 nitrogen and oxygen atoms in total. The Morgan fingerprint density at radius 3 is 2.36 bits per heavy atom. The van der Waals surface area contributed by atoms with Gasteiger partial charge in [0, 0.05) is 7.05 Å². The highest BCUT2D eigenvalue weighted by molar-refractivity contribution is 5.89. The highest BCUT2D eigenvalue weighted by Gasteiger charge is 2.14. The first kappa shape index (κ1) is 15.8. The molecule has 0 heterocycles. The van der Waals surface area contributed by atoms with E-state index in [-0.39, 0.29) is 13.2 Å². The Bertz CT molecular complexity index is 615. The topological polar surface area (TPSA) is 41.6 Å². The van der Waals surface area contributed by atoms with E-state index < -0.39 is 23.4 Å². The summed E-state index contributed by atoms with van der Waals surface area (Å²) in [5.41, 5.74) is -0.455. The van der Waals surface area contributed by atoms with Crippen molar-refractivity contribution in [1.29, 1.82) is 0 Å². The number of rotatable bonds is 5. The van der Waals surface area contributed by atoms with Crippen LogP contribution in [0.25, 0.3) is 0 Å². The first-order valence-corrected chi connectivity index (χ1v) is 6.72. The van der Waals surface area contributed by atoms with Crippen LogP contribution in [0.15, 0.2) is 48.5 Å². The van der Waals surface area contributed by atoms with Gasteiger partial charge in [0.2, 0.25) is 0 Å². The van der Waals surface area contributed by atoms with Crippen molar-refractivity contribution >= 4 is 11.7 Å². The minimum Gasteiger partial charge on any atom is -0.492 e. The Kier molecular flexibility index (Phi) is 5.30. The van der Waals surface area contributed by atoms with Crippen LogP contribution in [0.4, 0.5) is 19.3 Å². The summed E-state index contributed by atoms with van der Waals surface area (Å²) >= 11 is 0. The van der Waals surface area contributed by atoms with Crippen LogP contribution in [-0.2, 0) is 0 Å². The van der Waals surface area contributed by atoms with E-state index >= 15 is 0 Å². The minimum absolute atomic E-state index is 0.272. The Hall–Kier alpha value is -2.63. The van der Waals surface area contributed by atoms with Gasteiger partial charge in [0.25, 0.3) is 0 Å². The van der Waals surface area contributed by atoms with Gasteiger partial charge in [-0.2, -0.15) is 0 Å². The van der Waals surface area contributed by atoms with E-state index in [0.29, 0.717) is 5.75 Å². The number of anilines is 1. The fourth-order valence-corrected chi connectivity index (χ4v) is 1.74. The van der Waals surface area contributed by atoms with Gasteiger partial charge in [-0.25, -0.2) is 13.6 Å². The number of urea groups is 1. The molecule has 0 saturated carbocycles. The molecule has 22 heavy (non-hydrogen) atoms. The maximum atomic E-state index is 13.4. The molecule has 0 saturated heterocycles. The molecule has 0 bridgehead atoms. The van der Waals surface area contributed by atoms with Crippen LogP contribution in [0.2, 0.25) is 0 Å². The number of para-hydroxylation sites is 2. The molecule has 0 aromatic heterocycles. The number of hydrogen-bond acceptors (Lipinski definition) is 2. The summed E-state index contributed by atoms with van der Waals surface area (Å²) in [5.74, 6) is -0.943. The maximum absolute atomic E-state index is 13.4. The highest BCUT2D eigenvalue weighted by Crippen LogP contribution is 2.18. The van der Waals surface area contributed by atoms with Crippen LogP contribution in [0.1, 0.15) is 0 Å². The number of benzene rings is 2. The number of likely N-dealkylation sites (N-methyl/N-ethyl adjacent to an activating group) is 1. The summed E-state index contributed by atoms with van der Waals surface area (Å²) in [6, 6.07) is 11.9. The zero-order valence-electron chi connectivity index (χ0n) is 12.1. The molecule has 116 valence electrons. The minimum atomic E-state index is -0.817. The zero-order chi connectivity index (χ0) is 15.9. The second-order valence-corrected chi connectivity index (χ2v) is 4.61. The summed E-state index contributed by atoms with van der Waals surface area (Å²) in [6.07, 6.45) is 0. The summed E-state index contributed by atoms with van der Waals surface area (Å²) in [7, 11) is 1.52. The Morgan fingerprint density at radius 2 is 1.73 bits per heavy atom. The van der Waals surface area contributed by atoms with Crippen molar-refractivity contribution in [2.45, 2.75) is 0 Å². The molecule has 1 N–H and O–H groups in total. The largest absolute Gasteiger partial charge is 0.492 e. The van der Waals surface area contributed by atoms with Gasteiger partial charge in [0.15, 0.2) is 0 Å². The molecule has 2 aromatic rings. The smallest absolute Gasteiger partial charge is 0.321 e. The van der Waals surface area contributed by atoms with Gasteiger partial charge in [0.05, 0.1) is 6.54 Å². The van der Waals surface area contributed by atoms with Crippen molar-refractivity contribution in [3.8, 4) is 5.75 Å². The van der Waals surface area contributed by atoms with Crippen LogP contribution in [0, 0.1) is 11.6 Å². The van der Waals surface area contributed by atoms with E-state index in [9.17, 15) is 13.6 Å². The van der Waals surface area contributed by atoms with Crippen LogP contribution < -0.4 is 10.1 Å². The molecule has 0 spiro atoms. The molecule has 6 heteroatoms. The van der Waals surface area contributed by atoms with Crippen LogP contribution in [0.5, 0.6) is 5.75 Å². The van der Waals surface area contributed by atoms with Crippen LogP contribution in [0.3, 0.4) is 0 Å². The fourth-order valence-electron chi connectivity index (χ4n) is 1.74. The molecule has 0 aliphatic carbocycles. The van der Waals surface area contributed by atoms with Gasteiger partial charge < -0.3 is 15.0 Å². The summed E-state index contributed by atoms with van der Waals surface area (Å²) in [4.78, 5) is 13.2. The summed E-state index contributed by atoms with van der Waals surface area (Å²) < 4.78 is 32.4. The molecule has 2 aromatic carbocycles. The van der Waals surface area contributed by atoms with Gasteiger partial charge in [0.1, 0.15) is 29.7 Å². The number of halogens is 2. The van der Waals surface area contributed by atoms with E-state index in [1.54, 1.807) is 12.1 Å². The molecular formula is C16H16F2N2O2. The lowest BCUT2D eigenvalue weighted by Gasteiger charge is -2.18. The number of nitrogens with one attached hydrogen (secondary N) is 1. The first-order valence-electron chi connectivity index (χ1n) is 6.72. The number of ether oxygens (including phenoxy) is 1. The van der Waals surface area contributed by atoms with Gasteiger partial charge >= 0.3 is 6.03 Å². The van der Waals surface area contributed by atoms with Crippen molar-refractivity contribution in [3.05, 3.63) is 60.2 Å². The standard InChI is InChI=1S/C16H16F2N2O2/c1-20(10-11-22-12-6-3-2-4-7-12)16(21)19-15-13(17)8-5-9-14(15)18/h2-9H,10-11H2,1H3,(H,19,21). The van der Waals surface area contributed by atoms with Crippen molar-refractivity contribution in [3.63, 3.8) is 0 Å². The molecule has 0 atom stereocenters. The van der Waals surface area contributed by atoms with E-state index in [4.69, 9.17) is 4.74 Å².